The van der Waals surface area contributed by atoms with Crippen molar-refractivity contribution in [2.75, 3.05) is 5.32 Å². The third-order valence-corrected chi connectivity index (χ3v) is 6.69. The Morgan fingerprint density at radius 3 is 2.66 bits per heavy atom. The first-order chi connectivity index (χ1) is 15.6. The SMILES string of the molecule is Cc1cc(-c2cccc(NC(=O)Cc3cccs3)c2)n2ncc(C(=O)c3cccs3)c2n1. The molecule has 0 aliphatic carbocycles. The summed E-state index contributed by atoms with van der Waals surface area (Å²) in [7, 11) is 0. The number of fused-ring (bicyclic) bond motifs is 1. The van der Waals surface area contributed by atoms with E-state index < -0.39 is 0 Å². The zero-order valence-corrected chi connectivity index (χ0v) is 18.7. The number of nitrogens with zero attached hydrogens (tertiary/aromatic N) is 3. The molecule has 1 aromatic carbocycles. The average molecular weight is 459 g/mol. The lowest BCUT2D eigenvalue weighted by molar-refractivity contribution is -0.115. The van der Waals surface area contributed by atoms with Crippen LogP contribution in [0.1, 0.15) is 25.8 Å². The molecule has 0 fully saturated rings. The molecule has 0 atom stereocenters. The average Bonchev–Trinajstić information content (AvgIpc) is 3.55. The van der Waals surface area contributed by atoms with E-state index >= 15 is 0 Å². The van der Waals surface area contributed by atoms with Crippen LogP contribution in [-0.4, -0.2) is 26.3 Å². The van der Waals surface area contributed by atoms with Crippen LogP contribution in [0.15, 0.2) is 71.6 Å². The predicted octanol–water partition coefficient (Wildman–Crippen LogP) is 5.24. The van der Waals surface area contributed by atoms with Gasteiger partial charge >= 0.3 is 0 Å². The summed E-state index contributed by atoms with van der Waals surface area (Å²) in [6, 6.07) is 17.1. The van der Waals surface area contributed by atoms with E-state index in [1.165, 1.54) is 11.3 Å². The van der Waals surface area contributed by atoms with E-state index in [0.717, 1.165) is 21.8 Å². The molecule has 5 aromatic rings. The quantitative estimate of drug-likeness (QED) is 0.353. The van der Waals surface area contributed by atoms with Crippen molar-refractivity contribution in [3.05, 3.63) is 92.6 Å². The maximum atomic E-state index is 12.9. The molecule has 0 saturated heterocycles. The van der Waals surface area contributed by atoms with Crippen LogP contribution in [-0.2, 0) is 11.2 Å². The first-order valence-electron chi connectivity index (χ1n) is 9.95. The van der Waals surface area contributed by atoms with Crippen LogP contribution in [0, 0.1) is 6.92 Å². The highest BCUT2D eigenvalue weighted by Crippen LogP contribution is 2.26. The molecular weight excluding hydrogens is 440 g/mol. The minimum absolute atomic E-state index is 0.0661. The van der Waals surface area contributed by atoms with Gasteiger partial charge in [-0.1, -0.05) is 24.3 Å². The summed E-state index contributed by atoms with van der Waals surface area (Å²) >= 11 is 2.96. The van der Waals surface area contributed by atoms with Gasteiger partial charge in [0, 0.05) is 21.8 Å². The number of hydrogen-bond acceptors (Lipinski definition) is 6. The van der Waals surface area contributed by atoms with E-state index in [1.54, 1.807) is 28.1 Å². The number of aryl methyl sites for hydroxylation is 1. The molecule has 0 spiro atoms. The number of thiophene rings is 2. The van der Waals surface area contributed by atoms with Crippen molar-refractivity contribution in [1.82, 2.24) is 14.6 Å². The molecule has 6 nitrogen and oxygen atoms in total. The molecule has 8 heteroatoms. The zero-order chi connectivity index (χ0) is 22.1. The van der Waals surface area contributed by atoms with Crippen LogP contribution >= 0.6 is 22.7 Å². The fourth-order valence-electron chi connectivity index (χ4n) is 3.52. The number of nitrogens with one attached hydrogen (secondary N) is 1. The van der Waals surface area contributed by atoms with E-state index in [0.29, 0.717) is 28.2 Å². The molecule has 4 aromatic heterocycles. The molecule has 1 N–H and O–H groups in total. The van der Waals surface area contributed by atoms with Gasteiger partial charge in [0.25, 0.3) is 0 Å². The molecule has 158 valence electrons. The number of rotatable bonds is 6. The highest BCUT2D eigenvalue weighted by atomic mass is 32.1. The number of amides is 1. The lowest BCUT2D eigenvalue weighted by Crippen LogP contribution is -2.13. The summed E-state index contributed by atoms with van der Waals surface area (Å²) in [6.45, 7) is 1.89. The first-order valence-corrected chi connectivity index (χ1v) is 11.7. The van der Waals surface area contributed by atoms with Gasteiger partial charge in [0.05, 0.1) is 28.8 Å². The first kappa shape index (κ1) is 20.3. The predicted molar refractivity (Wildman–Crippen MR) is 128 cm³/mol. The molecule has 1 amide bonds. The molecule has 0 bridgehead atoms. The van der Waals surface area contributed by atoms with Gasteiger partial charge < -0.3 is 5.32 Å². The monoisotopic (exact) mass is 458 g/mol. The second kappa shape index (κ2) is 8.49. The summed E-state index contributed by atoms with van der Waals surface area (Å²) in [6.07, 6.45) is 1.91. The van der Waals surface area contributed by atoms with E-state index in [9.17, 15) is 9.59 Å². The van der Waals surface area contributed by atoms with Crippen molar-refractivity contribution in [2.45, 2.75) is 13.3 Å². The third kappa shape index (κ3) is 3.98. The maximum absolute atomic E-state index is 12.9. The zero-order valence-electron chi connectivity index (χ0n) is 17.1. The van der Waals surface area contributed by atoms with Crippen molar-refractivity contribution >= 4 is 45.7 Å². The molecule has 0 aliphatic rings. The number of carbonyl (C=O) groups is 2. The number of hydrogen-bond donors (Lipinski definition) is 1. The Morgan fingerprint density at radius 2 is 1.88 bits per heavy atom. The van der Waals surface area contributed by atoms with Gasteiger partial charge in [0.1, 0.15) is 0 Å². The number of anilines is 1. The van der Waals surface area contributed by atoms with Gasteiger partial charge in [0.2, 0.25) is 11.7 Å². The van der Waals surface area contributed by atoms with Crippen LogP contribution < -0.4 is 5.32 Å². The van der Waals surface area contributed by atoms with E-state index in [1.807, 2.05) is 66.2 Å². The van der Waals surface area contributed by atoms with Crippen molar-refractivity contribution in [3.8, 4) is 11.3 Å². The molecule has 4 heterocycles. The smallest absolute Gasteiger partial charge is 0.229 e. The third-order valence-electron chi connectivity index (χ3n) is 4.95. The Labute approximate surface area is 192 Å². The van der Waals surface area contributed by atoms with E-state index in [2.05, 4.69) is 15.4 Å². The maximum Gasteiger partial charge on any atom is 0.229 e. The van der Waals surface area contributed by atoms with Crippen molar-refractivity contribution in [3.63, 3.8) is 0 Å². The highest BCUT2D eigenvalue weighted by Gasteiger charge is 2.19. The molecular formula is C24H18N4O2S2. The molecule has 0 radical (unpaired) electrons. The fourth-order valence-corrected chi connectivity index (χ4v) is 4.90. The normalized spacial score (nSPS) is 11.0. The number of ketones is 1. The fraction of sp³-hybridized carbons (Fsp3) is 0.0833. The van der Waals surface area contributed by atoms with E-state index in [4.69, 9.17) is 0 Å². The lowest BCUT2D eigenvalue weighted by atomic mass is 10.1. The molecule has 0 saturated carbocycles. The number of carbonyl (C=O) groups excluding carboxylic acids is 2. The Bertz CT molecular complexity index is 1420. The van der Waals surface area contributed by atoms with Gasteiger partial charge in [-0.15, -0.1) is 22.7 Å². The largest absolute Gasteiger partial charge is 0.326 e. The lowest BCUT2D eigenvalue weighted by Gasteiger charge is -2.10. The Balaban J connectivity index is 1.49. The Morgan fingerprint density at radius 1 is 1.03 bits per heavy atom. The molecule has 5 rings (SSSR count). The summed E-state index contributed by atoms with van der Waals surface area (Å²) < 4.78 is 1.68. The standard InChI is InChI=1S/C24H18N4O2S2/c1-15-11-20(28-24(26-15)19(14-25-28)23(30)21-8-4-10-32-21)16-5-2-6-17(12-16)27-22(29)13-18-7-3-9-31-18/h2-12,14H,13H2,1H3,(H,27,29). The summed E-state index contributed by atoms with van der Waals surface area (Å²) in [5, 5.41) is 11.3. The summed E-state index contributed by atoms with van der Waals surface area (Å²) in [5.74, 6) is -0.155. The van der Waals surface area contributed by atoms with Crippen LogP contribution in [0.2, 0.25) is 0 Å². The Kier molecular flexibility index (Phi) is 5.38. The van der Waals surface area contributed by atoms with Gasteiger partial charge in [-0.05, 0) is 48.0 Å². The van der Waals surface area contributed by atoms with Crippen LogP contribution in [0.4, 0.5) is 5.69 Å². The Hall–Kier alpha value is -3.62. The number of benzene rings is 1. The van der Waals surface area contributed by atoms with Crippen molar-refractivity contribution in [2.24, 2.45) is 0 Å². The molecule has 32 heavy (non-hydrogen) atoms. The molecule has 0 unspecified atom stereocenters. The second-order valence-electron chi connectivity index (χ2n) is 7.27. The minimum Gasteiger partial charge on any atom is -0.326 e. The minimum atomic E-state index is -0.0892. The van der Waals surface area contributed by atoms with Gasteiger partial charge in [0.15, 0.2) is 5.65 Å². The van der Waals surface area contributed by atoms with Crippen LogP contribution in [0.3, 0.4) is 0 Å². The summed E-state index contributed by atoms with van der Waals surface area (Å²) in [4.78, 5) is 31.6. The van der Waals surface area contributed by atoms with Crippen molar-refractivity contribution < 1.29 is 9.59 Å². The van der Waals surface area contributed by atoms with Crippen LogP contribution in [0.5, 0.6) is 0 Å². The van der Waals surface area contributed by atoms with Crippen molar-refractivity contribution in [1.29, 1.82) is 0 Å². The number of aromatic nitrogens is 3. The van der Waals surface area contributed by atoms with Gasteiger partial charge in [-0.25, -0.2) is 9.50 Å². The van der Waals surface area contributed by atoms with Gasteiger partial charge in [-0.3, -0.25) is 9.59 Å². The van der Waals surface area contributed by atoms with Gasteiger partial charge in [-0.2, -0.15) is 5.10 Å². The highest BCUT2D eigenvalue weighted by molar-refractivity contribution is 7.12. The molecule has 0 aliphatic heterocycles. The van der Waals surface area contributed by atoms with Crippen LogP contribution in [0.25, 0.3) is 16.9 Å². The second-order valence-corrected chi connectivity index (χ2v) is 9.25. The topological polar surface area (TPSA) is 76.4 Å². The van der Waals surface area contributed by atoms with E-state index in [-0.39, 0.29) is 11.7 Å². The summed E-state index contributed by atoms with van der Waals surface area (Å²) in [5.41, 5.74) is 4.14.